The molecule has 0 unspecified atom stereocenters. The molecule has 0 amide bonds. The van der Waals surface area contributed by atoms with Crippen LogP contribution in [0.1, 0.15) is 48.8 Å². The van der Waals surface area contributed by atoms with Crippen LogP contribution in [-0.2, 0) is 13.1 Å². The average Bonchev–Trinajstić information content (AvgIpc) is 3.48. The Balaban J connectivity index is 1.13. The summed E-state index contributed by atoms with van der Waals surface area (Å²) in [6.45, 7) is 3.46. The van der Waals surface area contributed by atoms with Gasteiger partial charge in [0.25, 0.3) is 0 Å². The largest absolute Gasteiger partial charge is 0.353 e. The van der Waals surface area contributed by atoms with Gasteiger partial charge in [-0.05, 0) is 49.4 Å². The summed E-state index contributed by atoms with van der Waals surface area (Å²) in [4.78, 5) is 8.12. The highest BCUT2D eigenvalue weighted by Gasteiger charge is 2.55. The molecule has 0 atom stereocenters. The number of halogens is 3. The van der Waals surface area contributed by atoms with E-state index in [0.29, 0.717) is 37.7 Å². The van der Waals surface area contributed by atoms with Gasteiger partial charge in [0.15, 0.2) is 17.5 Å². The van der Waals surface area contributed by atoms with Gasteiger partial charge in [0, 0.05) is 48.6 Å². The molecule has 1 saturated heterocycles. The number of pyridine rings is 1. The smallest absolute Gasteiger partial charge is 0.168 e. The Hall–Kier alpha value is -3.09. The van der Waals surface area contributed by atoms with Crippen LogP contribution in [0.4, 0.5) is 14.6 Å². The van der Waals surface area contributed by atoms with Crippen molar-refractivity contribution < 1.29 is 8.78 Å². The highest BCUT2D eigenvalue weighted by Crippen LogP contribution is 2.57. The molecular weight excluding hydrogens is 484 g/mol. The first kappa shape index (κ1) is 22.1. The number of nitriles is 1. The Morgan fingerprint density at radius 2 is 1.92 bits per heavy atom. The molecular formula is C26H24ClF2N7. The summed E-state index contributed by atoms with van der Waals surface area (Å²) in [7, 11) is 0. The highest BCUT2D eigenvalue weighted by molar-refractivity contribution is 6.30. The summed E-state index contributed by atoms with van der Waals surface area (Å²) < 4.78 is 29.6. The lowest BCUT2D eigenvalue weighted by atomic mass is 9.57. The number of anilines is 1. The van der Waals surface area contributed by atoms with Gasteiger partial charge in [-0.2, -0.15) is 5.26 Å². The fourth-order valence-corrected chi connectivity index (χ4v) is 6.53. The molecule has 2 aliphatic carbocycles. The van der Waals surface area contributed by atoms with E-state index in [-0.39, 0.29) is 22.6 Å². The third-order valence-corrected chi connectivity index (χ3v) is 8.51. The van der Waals surface area contributed by atoms with Crippen molar-refractivity contribution in [2.24, 2.45) is 10.8 Å². The molecule has 36 heavy (non-hydrogen) atoms. The molecule has 7 rings (SSSR count). The molecule has 3 fully saturated rings. The zero-order valence-corrected chi connectivity index (χ0v) is 20.3. The third kappa shape index (κ3) is 3.50. The molecule has 4 heterocycles. The normalized spacial score (nSPS) is 21.7. The zero-order valence-electron chi connectivity index (χ0n) is 19.6. The minimum absolute atomic E-state index is 0.101. The number of hydrogen-bond donors (Lipinski definition) is 0. The van der Waals surface area contributed by atoms with Crippen molar-refractivity contribution in [1.29, 1.82) is 5.26 Å². The second kappa shape index (κ2) is 7.70. The van der Waals surface area contributed by atoms with Crippen LogP contribution in [0.5, 0.6) is 0 Å². The molecule has 2 aromatic heterocycles. The van der Waals surface area contributed by atoms with Crippen LogP contribution < -0.4 is 4.90 Å². The Labute approximate surface area is 212 Å². The third-order valence-electron chi connectivity index (χ3n) is 8.28. The predicted octanol–water partition coefficient (Wildman–Crippen LogP) is 4.60. The van der Waals surface area contributed by atoms with Crippen LogP contribution in [0.25, 0.3) is 5.69 Å². The number of benzene rings is 1. The van der Waals surface area contributed by atoms with Crippen molar-refractivity contribution in [3.05, 3.63) is 64.3 Å². The Kier molecular flexibility index (Phi) is 4.74. The van der Waals surface area contributed by atoms with Gasteiger partial charge >= 0.3 is 0 Å². The lowest BCUT2D eigenvalue weighted by Crippen LogP contribution is -2.62. The molecule has 2 saturated carbocycles. The Morgan fingerprint density at radius 1 is 1.11 bits per heavy atom. The number of nitrogens with zero attached hydrogens (tertiary/aromatic N) is 7. The first-order valence-corrected chi connectivity index (χ1v) is 12.7. The van der Waals surface area contributed by atoms with E-state index in [2.05, 4.69) is 30.7 Å². The summed E-state index contributed by atoms with van der Waals surface area (Å²) in [5.41, 5.74) is 2.02. The monoisotopic (exact) mass is 507 g/mol. The number of rotatable bonds is 4. The van der Waals surface area contributed by atoms with E-state index in [0.717, 1.165) is 60.8 Å². The van der Waals surface area contributed by atoms with Crippen molar-refractivity contribution in [1.82, 2.24) is 24.6 Å². The second-order valence-electron chi connectivity index (χ2n) is 11.0. The minimum Gasteiger partial charge on any atom is -0.353 e. The van der Waals surface area contributed by atoms with Crippen LogP contribution in [0, 0.1) is 33.8 Å². The van der Waals surface area contributed by atoms with Gasteiger partial charge < -0.3 is 4.90 Å². The van der Waals surface area contributed by atoms with Crippen molar-refractivity contribution in [2.75, 3.05) is 24.5 Å². The summed E-state index contributed by atoms with van der Waals surface area (Å²) in [5, 5.41) is 19.5. The highest BCUT2D eigenvalue weighted by atomic mass is 35.5. The molecule has 1 spiro atoms. The topological polar surface area (TPSA) is 73.9 Å². The Bertz CT molecular complexity index is 1410. The fourth-order valence-electron chi connectivity index (χ4n) is 6.33. The van der Waals surface area contributed by atoms with E-state index in [4.69, 9.17) is 11.6 Å². The molecule has 2 aliphatic heterocycles. The van der Waals surface area contributed by atoms with Crippen molar-refractivity contribution >= 4 is 17.4 Å². The van der Waals surface area contributed by atoms with Gasteiger partial charge in [-0.1, -0.05) is 11.6 Å². The molecule has 4 aliphatic rings. The van der Waals surface area contributed by atoms with Crippen LogP contribution >= 0.6 is 11.6 Å². The zero-order chi connectivity index (χ0) is 24.7. The van der Waals surface area contributed by atoms with Gasteiger partial charge in [0.05, 0.1) is 29.9 Å². The summed E-state index contributed by atoms with van der Waals surface area (Å²) in [5.74, 6) is 1.03. The van der Waals surface area contributed by atoms with Crippen LogP contribution in [0.3, 0.4) is 0 Å². The average molecular weight is 508 g/mol. The summed E-state index contributed by atoms with van der Waals surface area (Å²) >= 11 is 6.37. The first-order chi connectivity index (χ1) is 17.4. The van der Waals surface area contributed by atoms with Gasteiger partial charge in [-0.25, -0.2) is 13.8 Å². The van der Waals surface area contributed by atoms with Crippen molar-refractivity contribution in [2.45, 2.75) is 44.7 Å². The maximum Gasteiger partial charge on any atom is 0.168 e. The van der Waals surface area contributed by atoms with Crippen LogP contribution in [-0.4, -0.2) is 44.3 Å². The van der Waals surface area contributed by atoms with Crippen LogP contribution in [0.2, 0.25) is 5.02 Å². The van der Waals surface area contributed by atoms with E-state index in [1.807, 2.05) is 23.1 Å². The Morgan fingerprint density at radius 3 is 2.64 bits per heavy atom. The first-order valence-electron chi connectivity index (χ1n) is 12.3. The number of aromatic nitrogens is 4. The summed E-state index contributed by atoms with van der Waals surface area (Å²) in [6.07, 6.45) is 4.83. The van der Waals surface area contributed by atoms with Crippen molar-refractivity contribution in [3.63, 3.8) is 0 Å². The molecule has 0 radical (unpaired) electrons. The van der Waals surface area contributed by atoms with Gasteiger partial charge in [-0.3, -0.25) is 9.47 Å². The summed E-state index contributed by atoms with van der Waals surface area (Å²) in [6, 6.07) is 9.33. The van der Waals surface area contributed by atoms with E-state index in [1.165, 1.54) is 0 Å². The lowest BCUT2D eigenvalue weighted by Gasteiger charge is -2.59. The maximum atomic E-state index is 14.2. The predicted molar refractivity (Wildman–Crippen MR) is 129 cm³/mol. The molecule has 184 valence electrons. The number of fused-ring (bicyclic) bond motifs is 3. The quantitative estimate of drug-likeness (QED) is 0.514. The standard InChI is InChI=1S/C26H24ClF2N7/c27-18-1-2-21-16(5-18)10-34(13-25(12-30)3-4-25)11-22-32-33-23(36(21)22)17-7-26(8-17)14-35(15-26)24-20(29)6-19(28)9-31-24/h1-2,5-6,9,17H,3-4,7-8,10-11,13-15H2. The van der Waals surface area contributed by atoms with Gasteiger partial charge in [0.1, 0.15) is 11.6 Å². The van der Waals surface area contributed by atoms with Crippen molar-refractivity contribution in [3.8, 4) is 11.8 Å². The molecule has 0 bridgehead atoms. The fraction of sp³-hybridized carbons (Fsp3) is 0.462. The molecule has 1 aromatic carbocycles. The van der Waals surface area contributed by atoms with E-state index < -0.39 is 11.6 Å². The molecule has 0 N–H and O–H groups in total. The SMILES string of the molecule is N#CC1(CN2Cc3cc(Cl)ccc3-n3c(nnc3C3CC4(C3)CN(c3ncc(F)cc3F)C4)C2)CC1. The van der Waals surface area contributed by atoms with E-state index in [9.17, 15) is 14.0 Å². The number of hydrogen-bond acceptors (Lipinski definition) is 6. The van der Waals surface area contributed by atoms with Gasteiger partial charge in [-0.15, -0.1) is 10.2 Å². The van der Waals surface area contributed by atoms with E-state index >= 15 is 0 Å². The minimum atomic E-state index is -0.664. The van der Waals surface area contributed by atoms with E-state index in [1.54, 1.807) is 0 Å². The van der Waals surface area contributed by atoms with Gasteiger partial charge in [0.2, 0.25) is 0 Å². The van der Waals surface area contributed by atoms with Crippen LogP contribution in [0.15, 0.2) is 30.5 Å². The molecule has 3 aromatic rings. The lowest BCUT2D eigenvalue weighted by molar-refractivity contribution is 0.0575. The molecule has 7 nitrogen and oxygen atoms in total. The molecule has 10 heteroatoms. The maximum absolute atomic E-state index is 14.2. The second-order valence-corrected chi connectivity index (χ2v) is 11.5.